The topological polar surface area (TPSA) is 35.4 Å². The van der Waals surface area contributed by atoms with E-state index in [1.54, 1.807) is 0 Å². The van der Waals surface area contributed by atoms with Crippen molar-refractivity contribution in [1.29, 1.82) is 0 Å². The molecule has 0 N–H and O–H groups in total. The van der Waals surface area contributed by atoms with Gasteiger partial charge in [0.25, 0.3) is 0 Å². The van der Waals surface area contributed by atoms with Crippen LogP contribution in [0.4, 0.5) is 34.1 Å². The van der Waals surface area contributed by atoms with Crippen molar-refractivity contribution < 1.29 is 4.74 Å². The van der Waals surface area contributed by atoms with E-state index in [1.807, 2.05) is 0 Å². The maximum atomic E-state index is 7.15. The number of ether oxygens (including phenoxy) is 1. The third kappa shape index (κ3) is 8.86. The van der Waals surface area contributed by atoms with Gasteiger partial charge in [-0.1, -0.05) is 231 Å². The molecular formula is C98H62N6O. The summed E-state index contributed by atoms with van der Waals surface area (Å²) in [4.78, 5) is 4.71. The van der Waals surface area contributed by atoms with E-state index in [0.717, 1.165) is 113 Å². The Kier molecular flexibility index (Phi) is 13.0. The molecule has 0 atom stereocenters. The van der Waals surface area contributed by atoms with Crippen LogP contribution in [0, 0.1) is 0 Å². The second-order valence-electron chi connectivity index (χ2n) is 27.5. The Labute approximate surface area is 604 Å². The minimum Gasteiger partial charge on any atom is -0.453 e. The van der Waals surface area contributed by atoms with Crippen LogP contribution in [0.3, 0.4) is 0 Å². The van der Waals surface area contributed by atoms with Crippen molar-refractivity contribution in [3.8, 4) is 56.5 Å². The molecule has 105 heavy (non-hydrogen) atoms. The summed E-state index contributed by atoms with van der Waals surface area (Å²) in [5.41, 5.74) is 24.4. The van der Waals surface area contributed by atoms with Gasteiger partial charge in [-0.15, -0.1) is 0 Å². The van der Waals surface area contributed by atoms with Crippen LogP contribution in [0.1, 0.15) is 0 Å². The molecule has 21 aromatic rings. The Morgan fingerprint density at radius 1 is 0.200 bits per heavy atom. The average Bonchev–Trinajstić information content (AvgIpc) is 1.54. The number of para-hydroxylation sites is 10. The third-order valence-electron chi connectivity index (χ3n) is 21.8. The summed E-state index contributed by atoms with van der Waals surface area (Å²) in [7, 11) is 0. The highest BCUT2D eigenvalue weighted by Gasteiger charge is 2.31. The standard InChI is InChI=1S/C98H62N6O/c1-5-29-67(30-6-1)99(68-31-7-2-8-32-68)72-37-25-27-64(59-72)63-51-54-71(55-52-63)103-83-45-19-16-42-79(83)92-82-61-66(53-57-77(82)96-94(98(92)103)81-44-18-22-48-86(81)102(96)70-35-11-4-12-36-70)65-28-26-38-73(60-65)100-87-49-23-24-50-89(87)105-90-62-74(56-58-88(90)100)104-84-46-20-15-41-78(84)91-75-39-13-14-40-76(75)95-93(97(91)104)80-43-17-21-47-85(80)101(95)69-33-9-3-10-34-69/h1-62H. The fraction of sp³-hybridized carbons (Fsp3) is 0. The lowest BCUT2D eigenvalue weighted by molar-refractivity contribution is 0.477. The van der Waals surface area contributed by atoms with E-state index in [9.17, 15) is 0 Å². The lowest BCUT2D eigenvalue weighted by Gasteiger charge is -2.33. The number of anilines is 6. The highest BCUT2D eigenvalue weighted by molar-refractivity contribution is 6.38. The van der Waals surface area contributed by atoms with Gasteiger partial charge in [0, 0.05) is 99.7 Å². The first-order valence-electron chi connectivity index (χ1n) is 36.0. The average molecular weight is 1340 g/mol. The van der Waals surface area contributed by atoms with Gasteiger partial charge in [-0.3, -0.25) is 0 Å². The molecule has 17 aromatic carbocycles. The minimum atomic E-state index is 0.770. The fourth-order valence-corrected chi connectivity index (χ4v) is 17.5. The molecule has 7 nitrogen and oxygen atoms in total. The van der Waals surface area contributed by atoms with Crippen molar-refractivity contribution in [2.24, 2.45) is 0 Å². The Morgan fingerprint density at radius 2 is 0.590 bits per heavy atom. The van der Waals surface area contributed by atoms with Gasteiger partial charge in [-0.05, 0) is 173 Å². The summed E-state index contributed by atoms with van der Waals surface area (Å²) in [5.74, 6) is 1.56. The maximum Gasteiger partial charge on any atom is 0.153 e. The quantitative estimate of drug-likeness (QED) is 0.137. The Bertz CT molecular complexity index is 7070. The van der Waals surface area contributed by atoms with E-state index in [-0.39, 0.29) is 0 Å². The molecule has 1 aliphatic heterocycles. The Balaban J connectivity index is 0.716. The Hall–Kier alpha value is -14.1. The molecule has 0 amide bonds. The molecule has 22 rings (SSSR count). The second kappa shape index (κ2) is 23.2. The first-order valence-corrected chi connectivity index (χ1v) is 36.0. The van der Waals surface area contributed by atoms with Crippen molar-refractivity contribution in [3.63, 3.8) is 0 Å². The van der Waals surface area contributed by atoms with E-state index >= 15 is 0 Å². The summed E-state index contributed by atoms with van der Waals surface area (Å²) in [6.07, 6.45) is 0. The van der Waals surface area contributed by atoms with Crippen molar-refractivity contribution in [2.45, 2.75) is 0 Å². The number of benzene rings is 17. The number of nitrogens with zero attached hydrogens (tertiary/aromatic N) is 6. The molecule has 7 heteroatoms. The van der Waals surface area contributed by atoms with Crippen LogP contribution < -0.4 is 14.5 Å². The summed E-state index contributed by atoms with van der Waals surface area (Å²) >= 11 is 0. The zero-order valence-corrected chi connectivity index (χ0v) is 56.9. The van der Waals surface area contributed by atoms with Gasteiger partial charge in [0.15, 0.2) is 11.5 Å². The molecule has 0 saturated heterocycles. The first kappa shape index (κ1) is 58.6. The summed E-state index contributed by atoms with van der Waals surface area (Å²) < 4.78 is 17.1. The van der Waals surface area contributed by atoms with E-state index in [1.165, 1.54) is 86.7 Å². The maximum absolute atomic E-state index is 7.15. The second-order valence-corrected chi connectivity index (χ2v) is 27.5. The van der Waals surface area contributed by atoms with E-state index in [0.29, 0.717) is 0 Å². The number of rotatable bonds is 10. The molecule has 0 aliphatic carbocycles. The molecule has 490 valence electrons. The van der Waals surface area contributed by atoms with Crippen LogP contribution in [0.15, 0.2) is 376 Å². The highest BCUT2D eigenvalue weighted by Crippen LogP contribution is 2.55. The molecule has 0 spiro atoms. The first-order chi connectivity index (χ1) is 52.1. The Morgan fingerprint density at radius 3 is 1.18 bits per heavy atom. The van der Waals surface area contributed by atoms with E-state index < -0.39 is 0 Å². The fourth-order valence-electron chi connectivity index (χ4n) is 17.5. The van der Waals surface area contributed by atoms with Crippen molar-refractivity contribution in [2.75, 3.05) is 9.80 Å². The molecule has 0 saturated carbocycles. The molecule has 0 bridgehead atoms. The van der Waals surface area contributed by atoms with Gasteiger partial charge in [0.2, 0.25) is 0 Å². The lowest BCUT2D eigenvalue weighted by Crippen LogP contribution is -2.16. The molecule has 4 aromatic heterocycles. The summed E-state index contributed by atoms with van der Waals surface area (Å²) in [5, 5.41) is 14.5. The number of aromatic nitrogens is 4. The predicted molar refractivity (Wildman–Crippen MR) is 439 cm³/mol. The summed E-state index contributed by atoms with van der Waals surface area (Å²) in [6, 6.07) is 137. The number of hydrogen-bond acceptors (Lipinski definition) is 3. The van der Waals surface area contributed by atoms with Crippen LogP contribution in [0.5, 0.6) is 11.5 Å². The van der Waals surface area contributed by atoms with Gasteiger partial charge >= 0.3 is 0 Å². The van der Waals surface area contributed by atoms with Crippen LogP contribution in [-0.4, -0.2) is 18.3 Å². The zero-order chi connectivity index (χ0) is 68.8. The van der Waals surface area contributed by atoms with E-state index in [4.69, 9.17) is 4.74 Å². The monoisotopic (exact) mass is 1340 g/mol. The normalized spacial score (nSPS) is 12.2. The van der Waals surface area contributed by atoms with Gasteiger partial charge in [-0.25, -0.2) is 0 Å². The third-order valence-corrected chi connectivity index (χ3v) is 21.8. The number of fused-ring (bicyclic) bond motifs is 22. The molecule has 0 fully saturated rings. The largest absolute Gasteiger partial charge is 0.453 e. The SMILES string of the molecule is c1ccc(N(c2ccccc2)c2cccc(-c3ccc(-n4c5ccccc5c5c6cc(-c7cccc(N8c9ccccc9Oc9cc(-n%10c%11ccccc%11c%11c%12ccccc%12c%12c(c%13ccccc%13n%12-c%12ccccc%12)c%11%10)ccc98)c7)ccc6c6c(c7ccccc7n6-c6ccccc6)c54)cc3)c2)cc1. The molecular weight excluding hydrogens is 1280 g/mol. The van der Waals surface area contributed by atoms with Crippen LogP contribution in [0.25, 0.3) is 154 Å². The summed E-state index contributed by atoms with van der Waals surface area (Å²) in [6.45, 7) is 0. The zero-order valence-electron chi connectivity index (χ0n) is 56.9. The molecule has 1 aliphatic rings. The minimum absolute atomic E-state index is 0.770. The van der Waals surface area contributed by atoms with Crippen molar-refractivity contribution >= 4 is 143 Å². The smallest absolute Gasteiger partial charge is 0.153 e. The molecule has 0 radical (unpaired) electrons. The van der Waals surface area contributed by atoms with Crippen LogP contribution >= 0.6 is 0 Å². The van der Waals surface area contributed by atoms with Gasteiger partial charge in [0.1, 0.15) is 0 Å². The van der Waals surface area contributed by atoms with Crippen LogP contribution in [-0.2, 0) is 0 Å². The molecule has 5 heterocycles. The number of hydrogen-bond donors (Lipinski definition) is 0. The van der Waals surface area contributed by atoms with Crippen molar-refractivity contribution in [1.82, 2.24) is 18.3 Å². The van der Waals surface area contributed by atoms with Crippen molar-refractivity contribution in [3.05, 3.63) is 376 Å². The van der Waals surface area contributed by atoms with Gasteiger partial charge in [-0.2, -0.15) is 0 Å². The van der Waals surface area contributed by atoms with E-state index in [2.05, 4.69) is 404 Å². The van der Waals surface area contributed by atoms with Crippen LogP contribution in [0.2, 0.25) is 0 Å². The van der Waals surface area contributed by atoms with Gasteiger partial charge in [0.05, 0.1) is 61.2 Å². The predicted octanol–water partition coefficient (Wildman–Crippen LogP) is 26.8. The van der Waals surface area contributed by atoms with Gasteiger partial charge < -0.3 is 32.8 Å². The highest BCUT2D eigenvalue weighted by atomic mass is 16.5. The molecule has 0 unspecified atom stereocenters. The lowest BCUT2D eigenvalue weighted by atomic mass is 9.95.